The monoisotopic (exact) mass is 326 g/mol. The third-order valence-corrected chi connectivity index (χ3v) is 3.58. The molecule has 24 heavy (non-hydrogen) atoms. The third-order valence-electron chi connectivity index (χ3n) is 3.58. The fourth-order valence-electron chi connectivity index (χ4n) is 2.34. The summed E-state index contributed by atoms with van der Waals surface area (Å²) in [5.74, 6) is 0.963. The summed E-state index contributed by atoms with van der Waals surface area (Å²) in [7, 11) is 0. The van der Waals surface area contributed by atoms with E-state index in [9.17, 15) is 9.59 Å². The van der Waals surface area contributed by atoms with Gasteiger partial charge in [-0.3, -0.25) is 9.59 Å². The van der Waals surface area contributed by atoms with Crippen LogP contribution in [0.15, 0.2) is 48.5 Å². The van der Waals surface area contributed by atoms with Crippen molar-refractivity contribution < 1.29 is 19.1 Å². The van der Waals surface area contributed by atoms with E-state index in [0.29, 0.717) is 18.0 Å². The Labute approximate surface area is 139 Å². The Hall–Kier alpha value is -3.02. The highest BCUT2D eigenvalue weighted by atomic mass is 16.7. The standard InChI is InChI=1S/C18H18N2O4/c21-17(9-13-4-2-1-3-5-13)20-11-18(22)19-10-14-6-7-15-16(8-14)24-12-23-15/h1-8H,9-12H2,(H,19,22)(H,20,21). The summed E-state index contributed by atoms with van der Waals surface area (Å²) in [4.78, 5) is 23.6. The number of rotatable bonds is 6. The number of benzene rings is 2. The van der Waals surface area contributed by atoms with Gasteiger partial charge in [0.1, 0.15) is 0 Å². The van der Waals surface area contributed by atoms with Gasteiger partial charge in [-0.05, 0) is 23.3 Å². The molecule has 3 rings (SSSR count). The predicted octanol–water partition coefficient (Wildman–Crippen LogP) is 1.39. The third kappa shape index (κ3) is 4.25. The molecule has 0 radical (unpaired) electrons. The van der Waals surface area contributed by atoms with E-state index < -0.39 is 0 Å². The molecular weight excluding hydrogens is 308 g/mol. The zero-order valence-electron chi connectivity index (χ0n) is 13.1. The van der Waals surface area contributed by atoms with E-state index in [4.69, 9.17) is 9.47 Å². The van der Waals surface area contributed by atoms with Crippen molar-refractivity contribution in [2.45, 2.75) is 13.0 Å². The molecule has 1 heterocycles. The number of carbonyl (C=O) groups is 2. The average Bonchev–Trinajstić information content (AvgIpc) is 3.07. The number of nitrogens with one attached hydrogen (secondary N) is 2. The molecule has 2 amide bonds. The lowest BCUT2D eigenvalue weighted by atomic mass is 10.1. The number of carbonyl (C=O) groups excluding carboxylic acids is 2. The average molecular weight is 326 g/mol. The first-order valence-corrected chi connectivity index (χ1v) is 7.66. The molecule has 0 unspecified atom stereocenters. The summed E-state index contributed by atoms with van der Waals surface area (Å²) < 4.78 is 10.5. The summed E-state index contributed by atoms with van der Waals surface area (Å²) in [6.07, 6.45) is 0.260. The Balaban J connectivity index is 1.40. The second kappa shape index (κ2) is 7.50. The van der Waals surface area contributed by atoms with Crippen LogP contribution in [0.4, 0.5) is 0 Å². The lowest BCUT2D eigenvalue weighted by Crippen LogP contribution is -2.37. The van der Waals surface area contributed by atoms with E-state index in [2.05, 4.69) is 10.6 Å². The van der Waals surface area contributed by atoms with Gasteiger partial charge in [0.2, 0.25) is 18.6 Å². The maximum absolute atomic E-state index is 11.8. The Kier molecular flexibility index (Phi) is 4.96. The molecule has 0 aromatic heterocycles. The van der Waals surface area contributed by atoms with E-state index >= 15 is 0 Å². The fraction of sp³-hybridized carbons (Fsp3) is 0.222. The van der Waals surface area contributed by atoms with Gasteiger partial charge in [-0.15, -0.1) is 0 Å². The molecular formula is C18H18N2O4. The van der Waals surface area contributed by atoms with Crippen molar-refractivity contribution >= 4 is 11.8 Å². The molecule has 0 fully saturated rings. The minimum absolute atomic E-state index is 0.0454. The van der Waals surface area contributed by atoms with Crippen LogP contribution in [0.3, 0.4) is 0 Å². The quantitative estimate of drug-likeness (QED) is 0.841. The van der Waals surface area contributed by atoms with Crippen LogP contribution in [0, 0.1) is 0 Å². The number of amides is 2. The molecule has 6 heteroatoms. The summed E-state index contributed by atoms with van der Waals surface area (Å²) >= 11 is 0. The number of ether oxygens (including phenoxy) is 2. The van der Waals surface area contributed by atoms with Crippen molar-refractivity contribution in [3.63, 3.8) is 0 Å². The number of hydrogen-bond acceptors (Lipinski definition) is 4. The van der Waals surface area contributed by atoms with Gasteiger partial charge in [0.05, 0.1) is 13.0 Å². The van der Waals surface area contributed by atoms with Crippen LogP contribution in [-0.2, 0) is 22.6 Å². The molecule has 0 aliphatic carbocycles. The maximum Gasteiger partial charge on any atom is 0.239 e. The van der Waals surface area contributed by atoms with Crippen molar-refractivity contribution in [3.8, 4) is 11.5 Å². The van der Waals surface area contributed by atoms with Crippen molar-refractivity contribution in [1.29, 1.82) is 0 Å². The molecule has 0 bridgehead atoms. The Morgan fingerprint density at radius 3 is 2.50 bits per heavy atom. The van der Waals surface area contributed by atoms with Crippen LogP contribution < -0.4 is 20.1 Å². The van der Waals surface area contributed by atoms with Gasteiger partial charge in [0, 0.05) is 6.54 Å². The summed E-state index contributed by atoms with van der Waals surface area (Å²) in [6.45, 7) is 0.541. The fourth-order valence-corrected chi connectivity index (χ4v) is 2.34. The summed E-state index contributed by atoms with van der Waals surface area (Å²) in [5, 5.41) is 5.37. The van der Waals surface area contributed by atoms with Crippen molar-refractivity contribution in [2.75, 3.05) is 13.3 Å². The van der Waals surface area contributed by atoms with E-state index in [0.717, 1.165) is 11.1 Å². The predicted molar refractivity (Wildman–Crippen MR) is 87.6 cm³/mol. The van der Waals surface area contributed by atoms with Crippen molar-refractivity contribution in [3.05, 3.63) is 59.7 Å². The minimum atomic E-state index is -0.242. The molecule has 1 aliphatic heterocycles. The minimum Gasteiger partial charge on any atom is -0.454 e. The smallest absolute Gasteiger partial charge is 0.239 e. The van der Waals surface area contributed by atoms with Gasteiger partial charge in [0.25, 0.3) is 0 Å². The number of hydrogen-bond donors (Lipinski definition) is 2. The molecule has 2 aromatic rings. The Morgan fingerprint density at radius 1 is 0.875 bits per heavy atom. The molecule has 1 aliphatic rings. The first-order valence-electron chi connectivity index (χ1n) is 7.66. The zero-order valence-corrected chi connectivity index (χ0v) is 13.1. The van der Waals surface area contributed by atoms with Gasteiger partial charge in [-0.1, -0.05) is 36.4 Å². The van der Waals surface area contributed by atoms with Crippen LogP contribution in [0.2, 0.25) is 0 Å². The SMILES string of the molecule is O=C(CNC(=O)Cc1ccccc1)NCc1ccc2c(c1)OCO2. The van der Waals surface area contributed by atoms with Crippen LogP contribution in [0.5, 0.6) is 11.5 Å². The highest BCUT2D eigenvalue weighted by Crippen LogP contribution is 2.32. The molecule has 2 aromatic carbocycles. The molecule has 0 atom stereocenters. The second-order valence-electron chi connectivity index (χ2n) is 5.40. The van der Waals surface area contributed by atoms with Crippen LogP contribution in [0.1, 0.15) is 11.1 Å². The first kappa shape index (κ1) is 15.9. The molecule has 0 saturated carbocycles. The Morgan fingerprint density at radius 2 is 1.67 bits per heavy atom. The molecule has 2 N–H and O–H groups in total. The molecule has 0 spiro atoms. The van der Waals surface area contributed by atoms with Gasteiger partial charge in [-0.2, -0.15) is 0 Å². The van der Waals surface area contributed by atoms with Gasteiger partial charge >= 0.3 is 0 Å². The van der Waals surface area contributed by atoms with Gasteiger partial charge in [-0.25, -0.2) is 0 Å². The number of fused-ring (bicyclic) bond motifs is 1. The van der Waals surface area contributed by atoms with Crippen LogP contribution in [-0.4, -0.2) is 25.2 Å². The largest absolute Gasteiger partial charge is 0.454 e. The van der Waals surface area contributed by atoms with Crippen LogP contribution in [0.25, 0.3) is 0 Å². The normalized spacial score (nSPS) is 11.8. The van der Waals surface area contributed by atoms with E-state index in [-0.39, 0.29) is 31.6 Å². The molecule has 124 valence electrons. The van der Waals surface area contributed by atoms with E-state index in [1.165, 1.54) is 0 Å². The zero-order chi connectivity index (χ0) is 16.8. The molecule has 0 saturated heterocycles. The summed E-state index contributed by atoms with van der Waals surface area (Å²) in [5.41, 5.74) is 1.82. The lowest BCUT2D eigenvalue weighted by Gasteiger charge is -2.08. The van der Waals surface area contributed by atoms with E-state index in [1.807, 2.05) is 48.5 Å². The van der Waals surface area contributed by atoms with Crippen LogP contribution >= 0.6 is 0 Å². The van der Waals surface area contributed by atoms with Crippen molar-refractivity contribution in [1.82, 2.24) is 10.6 Å². The second-order valence-corrected chi connectivity index (χ2v) is 5.40. The topological polar surface area (TPSA) is 76.7 Å². The van der Waals surface area contributed by atoms with Crippen molar-refractivity contribution in [2.24, 2.45) is 0 Å². The van der Waals surface area contributed by atoms with Gasteiger partial charge < -0.3 is 20.1 Å². The summed E-state index contributed by atoms with van der Waals surface area (Å²) in [6, 6.07) is 14.9. The maximum atomic E-state index is 11.8. The van der Waals surface area contributed by atoms with E-state index in [1.54, 1.807) is 0 Å². The Bertz CT molecular complexity index is 731. The van der Waals surface area contributed by atoms with Gasteiger partial charge in [0.15, 0.2) is 11.5 Å². The highest BCUT2D eigenvalue weighted by molar-refractivity contribution is 5.85. The lowest BCUT2D eigenvalue weighted by molar-refractivity contribution is -0.125. The first-order chi connectivity index (χ1) is 11.7. The molecule has 6 nitrogen and oxygen atoms in total. The highest BCUT2D eigenvalue weighted by Gasteiger charge is 2.13.